The topological polar surface area (TPSA) is 33.0 Å². The van der Waals surface area contributed by atoms with Crippen LogP contribution in [0, 0.1) is 11.3 Å². The molecule has 0 spiro atoms. The van der Waals surface area contributed by atoms with Crippen molar-refractivity contribution in [3.63, 3.8) is 0 Å². The number of alkyl halides is 1. The smallest absolute Gasteiger partial charge is 0.126 e. The zero-order valence-electron chi connectivity index (χ0n) is 6.67. The minimum Gasteiger partial charge on any atom is -0.496 e. The Bertz CT molecular complexity index is 317. The summed E-state index contributed by atoms with van der Waals surface area (Å²) in [6.07, 6.45) is 0. The van der Waals surface area contributed by atoms with Gasteiger partial charge in [0.2, 0.25) is 0 Å². The van der Waals surface area contributed by atoms with E-state index in [1.807, 2.05) is 6.07 Å². The molecular formula is C9H8FNO. The van der Waals surface area contributed by atoms with Crippen LogP contribution in [0.1, 0.15) is 11.1 Å². The number of hydrogen-bond donors (Lipinski definition) is 0. The van der Waals surface area contributed by atoms with Crippen LogP contribution in [0.5, 0.6) is 5.75 Å². The van der Waals surface area contributed by atoms with Crippen LogP contribution < -0.4 is 4.74 Å². The molecule has 0 radical (unpaired) electrons. The Labute approximate surface area is 70.2 Å². The number of nitriles is 1. The molecule has 0 atom stereocenters. The quantitative estimate of drug-likeness (QED) is 0.671. The molecule has 0 saturated carbocycles. The second kappa shape index (κ2) is 3.72. The van der Waals surface area contributed by atoms with Crippen molar-refractivity contribution in [1.82, 2.24) is 0 Å². The van der Waals surface area contributed by atoms with Crippen LogP contribution in [0.25, 0.3) is 0 Å². The molecule has 0 bridgehead atoms. The van der Waals surface area contributed by atoms with Gasteiger partial charge in [-0.1, -0.05) is 6.07 Å². The van der Waals surface area contributed by atoms with Gasteiger partial charge in [0, 0.05) is 5.56 Å². The third kappa shape index (κ3) is 1.37. The van der Waals surface area contributed by atoms with Gasteiger partial charge in [-0.05, 0) is 12.1 Å². The van der Waals surface area contributed by atoms with E-state index in [1.54, 1.807) is 18.2 Å². The van der Waals surface area contributed by atoms with Gasteiger partial charge >= 0.3 is 0 Å². The maximum Gasteiger partial charge on any atom is 0.126 e. The molecule has 0 saturated heterocycles. The molecule has 3 heteroatoms. The number of nitrogens with zero attached hydrogens (tertiary/aromatic N) is 1. The van der Waals surface area contributed by atoms with Crippen LogP contribution in [-0.2, 0) is 6.67 Å². The van der Waals surface area contributed by atoms with E-state index in [1.165, 1.54) is 7.11 Å². The summed E-state index contributed by atoms with van der Waals surface area (Å²) >= 11 is 0. The monoisotopic (exact) mass is 165 g/mol. The standard InChI is InChI=1S/C9H8FNO/c1-12-9-4-2-3-7(6-11)8(9)5-10/h2-4H,5H2,1H3. The van der Waals surface area contributed by atoms with Crippen molar-refractivity contribution in [2.24, 2.45) is 0 Å². The highest BCUT2D eigenvalue weighted by Gasteiger charge is 2.06. The lowest BCUT2D eigenvalue weighted by Gasteiger charge is -2.05. The summed E-state index contributed by atoms with van der Waals surface area (Å²) in [5, 5.41) is 8.60. The minimum atomic E-state index is -0.674. The second-order valence-corrected chi connectivity index (χ2v) is 2.23. The van der Waals surface area contributed by atoms with Crippen LogP contribution in [0.4, 0.5) is 4.39 Å². The van der Waals surface area contributed by atoms with Crippen LogP contribution in [0.3, 0.4) is 0 Å². The van der Waals surface area contributed by atoms with E-state index >= 15 is 0 Å². The van der Waals surface area contributed by atoms with Crippen LogP contribution in [0.15, 0.2) is 18.2 Å². The number of halogens is 1. The molecule has 0 aliphatic rings. The fourth-order valence-corrected chi connectivity index (χ4v) is 0.999. The molecule has 1 aromatic carbocycles. The minimum absolute atomic E-state index is 0.322. The molecule has 1 rings (SSSR count). The molecule has 0 amide bonds. The molecule has 0 fully saturated rings. The predicted molar refractivity (Wildman–Crippen MR) is 42.5 cm³/mol. The van der Waals surface area contributed by atoms with Gasteiger partial charge in [0.15, 0.2) is 0 Å². The van der Waals surface area contributed by atoms with Gasteiger partial charge in [-0.15, -0.1) is 0 Å². The van der Waals surface area contributed by atoms with Crippen LogP contribution in [-0.4, -0.2) is 7.11 Å². The van der Waals surface area contributed by atoms with Gasteiger partial charge < -0.3 is 4.74 Å². The summed E-state index contributed by atoms with van der Waals surface area (Å²) in [6, 6.07) is 6.77. The van der Waals surface area contributed by atoms with E-state index in [4.69, 9.17) is 10.00 Å². The molecule has 0 heterocycles. The normalized spacial score (nSPS) is 9.08. The van der Waals surface area contributed by atoms with E-state index < -0.39 is 6.67 Å². The lowest BCUT2D eigenvalue weighted by atomic mass is 10.1. The van der Waals surface area contributed by atoms with Crippen molar-refractivity contribution in [2.45, 2.75) is 6.67 Å². The lowest BCUT2D eigenvalue weighted by Crippen LogP contribution is -1.92. The van der Waals surface area contributed by atoms with E-state index in [2.05, 4.69) is 0 Å². The van der Waals surface area contributed by atoms with E-state index in [0.717, 1.165) is 0 Å². The highest BCUT2D eigenvalue weighted by atomic mass is 19.1. The van der Waals surface area contributed by atoms with Crippen molar-refractivity contribution in [2.75, 3.05) is 7.11 Å². The summed E-state index contributed by atoms with van der Waals surface area (Å²) in [5.41, 5.74) is 0.652. The van der Waals surface area contributed by atoms with Crippen LogP contribution in [0.2, 0.25) is 0 Å². The predicted octanol–water partition coefficient (Wildman–Crippen LogP) is 2.04. The first-order valence-corrected chi connectivity index (χ1v) is 3.45. The molecule has 0 aromatic heterocycles. The van der Waals surface area contributed by atoms with Crippen molar-refractivity contribution < 1.29 is 9.13 Å². The molecule has 0 aliphatic carbocycles. The highest BCUT2D eigenvalue weighted by molar-refractivity contribution is 5.46. The first kappa shape index (κ1) is 8.54. The third-order valence-corrected chi connectivity index (χ3v) is 1.61. The number of methoxy groups -OCH3 is 1. The second-order valence-electron chi connectivity index (χ2n) is 2.23. The van der Waals surface area contributed by atoms with Crippen LogP contribution >= 0.6 is 0 Å². The first-order chi connectivity index (χ1) is 5.83. The van der Waals surface area contributed by atoms with Gasteiger partial charge in [0.1, 0.15) is 12.4 Å². The highest BCUT2D eigenvalue weighted by Crippen LogP contribution is 2.22. The average molecular weight is 165 g/mol. The molecule has 62 valence electrons. The maximum atomic E-state index is 12.4. The third-order valence-electron chi connectivity index (χ3n) is 1.61. The Morgan fingerprint density at radius 2 is 2.33 bits per heavy atom. The molecule has 2 nitrogen and oxygen atoms in total. The summed E-state index contributed by atoms with van der Waals surface area (Å²) in [7, 11) is 1.45. The van der Waals surface area contributed by atoms with Gasteiger partial charge in [-0.3, -0.25) is 0 Å². The molecule has 0 N–H and O–H groups in total. The number of hydrogen-bond acceptors (Lipinski definition) is 2. The Morgan fingerprint density at radius 1 is 1.58 bits per heavy atom. The average Bonchev–Trinajstić information content (AvgIpc) is 2.16. The van der Waals surface area contributed by atoms with Crippen molar-refractivity contribution in [3.8, 4) is 11.8 Å². The van der Waals surface area contributed by atoms with E-state index in [0.29, 0.717) is 16.9 Å². The Morgan fingerprint density at radius 3 is 2.83 bits per heavy atom. The maximum absolute atomic E-state index is 12.4. The van der Waals surface area contributed by atoms with Gasteiger partial charge in [-0.2, -0.15) is 5.26 Å². The number of benzene rings is 1. The SMILES string of the molecule is COc1cccc(C#N)c1CF. The number of ether oxygens (including phenoxy) is 1. The fraction of sp³-hybridized carbons (Fsp3) is 0.222. The molecular weight excluding hydrogens is 157 g/mol. The van der Waals surface area contributed by atoms with Gasteiger partial charge in [-0.25, -0.2) is 4.39 Å². The van der Waals surface area contributed by atoms with Crippen molar-refractivity contribution >= 4 is 0 Å². The Kier molecular flexibility index (Phi) is 2.65. The zero-order valence-corrected chi connectivity index (χ0v) is 6.67. The van der Waals surface area contributed by atoms with Gasteiger partial charge in [0.05, 0.1) is 18.7 Å². The van der Waals surface area contributed by atoms with E-state index in [9.17, 15) is 4.39 Å². The molecule has 0 unspecified atom stereocenters. The Balaban J connectivity index is 3.24. The number of rotatable bonds is 2. The van der Waals surface area contributed by atoms with E-state index in [-0.39, 0.29) is 0 Å². The summed E-state index contributed by atoms with van der Waals surface area (Å²) < 4.78 is 17.3. The largest absolute Gasteiger partial charge is 0.496 e. The molecule has 0 aliphatic heterocycles. The summed E-state index contributed by atoms with van der Waals surface area (Å²) in [4.78, 5) is 0. The van der Waals surface area contributed by atoms with Crippen molar-refractivity contribution in [3.05, 3.63) is 29.3 Å². The fourth-order valence-electron chi connectivity index (χ4n) is 0.999. The summed E-state index contributed by atoms with van der Waals surface area (Å²) in [6.45, 7) is -0.674. The zero-order chi connectivity index (χ0) is 8.97. The first-order valence-electron chi connectivity index (χ1n) is 3.45. The Hall–Kier alpha value is -1.56. The van der Waals surface area contributed by atoms with Gasteiger partial charge in [0.25, 0.3) is 0 Å². The van der Waals surface area contributed by atoms with Crippen molar-refractivity contribution in [1.29, 1.82) is 5.26 Å². The molecule has 1 aromatic rings. The summed E-state index contributed by atoms with van der Waals surface area (Å²) in [5.74, 6) is 0.427. The lowest BCUT2D eigenvalue weighted by molar-refractivity contribution is 0.394. The molecule has 12 heavy (non-hydrogen) atoms.